The highest BCUT2D eigenvalue weighted by Gasteiger charge is 2.27. The van der Waals surface area contributed by atoms with Crippen LogP contribution in [-0.4, -0.2) is 26.9 Å². The highest BCUT2D eigenvalue weighted by atomic mass is 32.2. The second-order valence-electron chi connectivity index (χ2n) is 5.88. The zero-order chi connectivity index (χ0) is 19.2. The van der Waals surface area contributed by atoms with Gasteiger partial charge in [0.05, 0.1) is 10.6 Å². The Morgan fingerprint density at radius 3 is 2.15 bits per heavy atom. The third-order valence-electron chi connectivity index (χ3n) is 4.08. The topological polar surface area (TPSA) is 66.5 Å². The molecule has 1 N–H and O–H groups in total. The standard InChI is InChI=1S/C19H23FN2O3S/c1-3-16(4-2)21-19(23)14-22(17-12-10-15(20)11-13-17)26(24,25)18-8-6-5-7-9-18/h5-13,16H,3-4,14H2,1-2H3,(H,21,23). The molecular weight excluding hydrogens is 355 g/mol. The van der Waals surface area contributed by atoms with Crippen molar-refractivity contribution in [3.05, 3.63) is 60.4 Å². The van der Waals surface area contributed by atoms with Crippen LogP contribution in [0.5, 0.6) is 0 Å². The number of halogens is 1. The quantitative estimate of drug-likeness (QED) is 0.766. The van der Waals surface area contributed by atoms with Gasteiger partial charge in [-0.05, 0) is 49.2 Å². The Balaban J connectivity index is 2.37. The van der Waals surface area contributed by atoms with E-state index in [0.717, 1.165) is 17.1 Å². The minimum atomic E-state index is -3.96. The number of rotatable bonds is 8. The predicted molar refractivity (Wildman–Crippen MR) is 99.9 cm³/mol. The third-order valence-corrected chi connectivity index (χ3v) is 5.87. The second-order valence-corrected chi connectivity index (χ2v) is 7.74. The van der Waals surface area contributed by atoms with E-state index >= 15 is 0 Å². The van der Waals surface area contributed by atoms with E-state index in [0.29, 0.717) is 0 Å². The molecular formula is C19H23FN2O3S. The van der Waals surface area contributed by atoms with Gasteiger partial charge in [0.2, 0.25) is 5.91 Å². The SMILES string of the molecule is CCC(CC)NC(=O)CN(c1ccc(F)cc1)S(=O)(=O)c1ccccc1. The molecule has 2 rings (SSSR count). The van der Waals surface area contributed by atoms with Gasteiger partial charge >= 0.3 is 0 Å². The van der Waals surface area contributed by atoms with Gasteiger partial charge in [-0.1, -0.05) is 32.0 Å². The van der Waals surface area contributed by atoms with Gasteiger partial charge in [-0.2, -0.15) is 0 Å². The number of carbonyl (C=O) groups excluding carboxylic acids is 1. The lowest BCUT2D eigenvalue weighted by Crippen LogP contribution is -2.44. The Bertz CT molecular complexity index is 820. The molecule has 0 radical (unpaired) electrons. The fourth-order valence-corrected chi connectivity index (χ4v) is 3.98. The van der Waals surface area contributed by atoms with Crippen molar-refractivity contribution < 1.29 is 17.6 Å². The zero-order valence-corrected chi connectivity index (χ0v) is 15.7. The molecule has 0 unspecified atom stereocenters. The summed E-state index contributed by atoms with van der Waals surface area (Å²) >= 11 is 0. The van der Waals surface area contributed by atoms with E-state index in [2.05, 4.69) is 5.32 Å². The summed E-state index contributed by atoms with van der Waals surface area (Å²) in [5, 5.41) is 2.83. The number of nitrogens with zero attached hydrogens (tertiary/aromatic N) is 1. The molecule has 2 aromatic rings. The Labute approximate surface area is 153 Å². The van der Waals surface area contributed by atoms with Crippen LogP contribution in [0.3, 0.4) is 0 Å². The molecule has 0 aliphatic rings. The smallest absolute Gasteiger partial charge is 0.264 e. The highest BCUT2D eigenvalue weighted by Crippen LogP contribution is 2.23. The van der Waals surface area contributed by atoms with Gasteiger partial charge < -0.3 is 5.32 Å². The molecule has 0 spiro atoms. The van der Waals surface area contributed by atoms with E-state index < -0.39 is 21.7 Å². The van der Waals surface area contributed by atoms with Crippen LogP contribution < -0.4 is 9.62 Å². The van der Waals surface area contributed by atoms with Crippen molar-refractivity contribution in [1.29, 1.82) is 0 Å². The molecule has 0 saturated heterocycles. The Kier molecular flexibility index (Phi) is 6.74. The summed E-state index contributed by atoms with van der Waals surface area (Å²) in [4.78, 5) is 12.5. The minimum absolute atomic E-state index is 0.0167. The van der Waals surface area contributed by atoms with Gasteiger partial charge in [0.25, 0.3) is 10.0 Å². The fraction of sp³-hybridized carbons (Fsp3) is 0.316. The van der Waals surface area contributed by atoms with Crippen LogP contribution in [-0.2, 0) is 14.8 Å². The summed E-state index contributed by atoms with van der Waals surface area (Å²) in [5.74, 6) is -0.880. The lowest BCUT2D eigenvalue weighted by Gasteiger charge is -2.25. The van der Waals surface area contributed by atoms with Crippen LogP contribution >= 0.6 is 0 Å². The monoisotopic (exact) mass is 378 g/mol. The first-order valence-electron chi connectivity index (χ1n) is 8.51. The maximum atomic E-state index is 13.2. The molecule has 2 aromatic carbocycles. The van der Waals surface area contributed by atoms with Crippen molar-refractivity contribution in [2.45, 2.75) is 37.6 Å². The number of anilines is 1. The highest BCUT2D eigenvalue weighted by molar-refractivity contribution is 7.92. The molecule has 0 atom stereocenters. The van der Waals surface area contributed by atoms with Crippen molar-refractivity contribution >= 4 is 21.6 Å². The van der Waals surface area contributed by atoms with Crippen LogP contribution in [0.2, 0.25) is 0 Å². The third kappa shape index (κ3) is 4.82. The number of sulfonamides is 1. The van der Waals surface area contributed by atoms with Crippen molar-refractivity contribution in [2.24, 2.45) is 0 Å². The summed E-state index contributed by atoms with van der Waals surface area (Å²) in [6.45, 7) is 3.53. The van der Waals surface area contributed by atoms with Crippen molar-refractivity contribution in [1.82, 2.24) is 5.32 Å². The molecule has 7 heteroatoms. The van der Waals surface area contributed by atoms with Crippen molar-refractivity contribution in [3.63, 3.8) is 0 Å². The van der Waals surface area contributed by atoms with Crippen LogP contribution in [0.4, 0.5) is 10.1 Å². The van der Waals surface area contributed by atoms with Crippen LogP contribution in [0.25, 0.3) is 0 Å². The van der Waals surface area contributed by atoms with Gasteiger partial charge in [-0.25, -0.2) is 12.8 Å². The van der Waals surface area contributed by atoms with Crippen LogP contribution in [0, 0.1) is 5.82 Å². The molecule has 0 saturated carbocycles. The lowest BCUT2D eigenvalue weighted by atomic mass is 10.2. The van der Waals surface area contributed by atoms with Gasteiger partial charge in [0, 0.05) is 6.04 Å². The Morgan fingerprint density at radius 2 is 1.62 bits per heavy atom. The van der Waals surface area contributed by atoms with E-state index in [-0.39, 0.29) is 23.2 Å². The molecule has 26 heavy (non-hydrogen) atoms. The normalized spacial score (nSPS) is 11.4. The molecule has 140 valence electrons. The van der Waals surface area contributed by atoms with E-state index in [4.69, 9.17) is 0 Å². The Morgan fingerprint density at radius 1 is 1.04 bits per heavy atom. The number of carbonyl (C=O) groups is 1. The number of amides is 1. The Hall–Kier alpha value is -2.41. The summed E-state index contributed by atoms with van der Waals surface area (Å²) in [6.07, 6.45) is 1.51. The van der Waals surface area contributed by atoms with Crippen LogP contribution in [0.15, 0.2) is 59.5 Å². The van der Waals surface area contributed by atoms with Gasteiger partial charge in [0.15, 0.2) is 0 Å². The number of hydrogen-bond acceptors (Lipinski definition) is 3. The average molecular weight is 378 g/mol. The van der Waals surface area contributed by atoms with Crippen molar-refractivity contribution in [2.75, 3.05) is 10.8 Å². The molecule has 0 heterocycles. The molecule has 1 amide bonds. The summed E-state index contributed by atoms with van der Waals surface area (Å²) in [7, 11) is -3.96. The van der Waals surface area contributed by atoms with E-state index in [1.54, 1.807) is 18.2 Å². The number of benzene rings is 2. The maximum absolute atomic E-state index is 13.2. The second kappa shape index (κ2) is 8.80. The average Bonchev–Trinajstić information content (AvgIpc) is 2.65. The molecule has 0 fully saturated rings. The lowest BCUT2D eigenvalue weighted by molar-refractivity contribution is -0.120. The predicted octanol–water partition coefficient (Wildman–Crippen LogP) is 3.33. The summed E-state index contributed by atoms with van der Waals surface area (Å²) in [6, 6.07) is 12.9. The number of nitrogens with one attached hydrogen (secondary N) is 1. The van der Waals surface area contributed by atoms with E-state index in [1.807, 2.05) is 13.8 Å². The molecule has 0 aromatic heterocycles. The maximum Gasteiger partial charge on any atom is 0.264 e. The summed E-state index contributed by atoms with van der Waals surface area (Å²) in [5.41, 5.74) is 0.231. The molecule has 0 bridgehead atoms. The first kappa shape index (κ1) is 19.9. The van der Waals surface area contributed by atoms with Gasteiger partial charge in [0.1, 0.15) is 12.4 Å². The first-order valence-corrected chi connectivity index (χ1v) is 9.95. The van der Waals surface area contributed by atoms with Gasteiger partial charge in [-0.15, -0.1) is 0 Å². The van der Waals surface area contributed by atoms with Gasteiger partial charge in [-0.3, -0.25) is 9.10 Å². The van der Waals surface area contributed by atoms with E-state index in [1.165, 1.54) is 36.4 Å². The molecule has 5 nitrogen and oxygen atoms in total. The van der Waals surface area contributed by atoms with Crippen LogP contribution in [0.1, 0.15) is 26.7 Å². The van der Waals surface area contributed by atoms with Crippen molar-refractivity contribution in [3.8, 4) is 0 Å². The number of hydrogen-bond donors (Lipinski definition) is 1. The zero-order valence-electron chi connectivity index (χ0n) is 14.9. The van der Waals surface area contributed by atoms with E-state index in [9.17, 15) is 17.6 Å². The molecule has 0 aliphatic heterocycles. The first-order chi connectivity index (χ1) is 12.4. The minimum Gasteiger partial charge on any atom is -0.352 e. The summed E-state index contributed by atoms with van der Waals surface area (Å²) < 4.78 is 40.3. The fourth-order valence-electron chi connectivity index (χ4n) is 2.54. The largest absolute Gasteiger partial charge is 0.352 e. The molecule has 0 aliphatic carbocycles.